The Morgan fingerprint density at radius 1 is 1.21 bits per heavy atom. The van der Waals surface area contributed by atoms with Gasteiger partial charge < -0.3 is 31.1 Å². The number of aliphatic hydroxyl groups excluding tert-OH is 1. The molecule has 1 aromatic heterocycles. The molecule has 4 amide bonds. The molecule has 3 rings (SSSR count). The van der Waals surface area contributed by atoms with Gasteiger partial charge in [-0.15, -0.1) is 0 Å². The van der Waals surface area contributed by atoms with Crippen molar-refractivity contribution in [3.63, 3.8) is 0 Å². The van der Waals surface area contributed by atoms with E-state index in [4.69, 9.17) is 4.74 Å². The second-order valence-electron chi connectivity index (χ2n) is 9.55. The number of aryl methyl sites for hydroxylation is 2. The average molecular weight is 529 g/mol. The fourth-order valence-electron chi connectivity index (χ4n) is 4.25. The van der Waals surface area contributed by atoms with Crippen molar-refractivity contribution < 1.29 is 29.0 Å². The van der Waals surface area contributed by atoms with Gasteiger partial charge in [0.25, 0.3) is 5.91 Å². The molecule has 0 spiro atoms. The second-order valence-corrected chi connectivity index (χ2v) is 9.55. The minimum Gasteiger partial charge on any atom is -0.491 e. The van der Waals surface area contributed by atoms with Crippen LogP contribution in [0.25, 0.3) is 0 Å². The lowest BCUT2D eigenvalue weighted by molar-refractivity contribution is -0.133. The predicted molar refractivity (Wildman–Crippen MR) is 138 cm³/mol. The van der Waals surface area contributed by atoms with E-state index in [0.717, 1.165) is 17.0 Å². The molecule has 1 aromatic carbocycles. The Labute approximate surface area is 221 Å². The summed E-state index contributed by atoms with van der Waals surface area (Å²) < 4.78 is 7.55. The van der Waals surface area contributed by atoms with Crippen LogP contribution in [0.3, 0.4) is 0 Å². The molecule has 12 heteroatoms. The van der Waals surface area contributed by atoms with Crippen LogP contribution in [0.5, 0.6) is 5.75 Å². The molecule has 4 atom stereocenters. The molecule has 2 heterocycles. The van der Waals surface area contributed by atoms with Gasteiger partial charge in [-0.25, -0.2) is 0 Å². The highest BCUT2D eigenvalue weighted by Crippen LogP contribution is 2.19. The largest absolute Gasteiger partial charge is 0.491 e. The summed E-state index contributed by atoms with van der Waals surface area (Å²) in [7, 11) is 1.84. The van der Waals surface area contributed by atoms with Gasteiger partial charge in [-0.1, -0.05) is 12.1 Å². The highest BCUT2D eigenvalue weighted by molar-refractivity contribution is 6.01. The van der Waals surface area contributed by atoms with Crippen LogP contribution >= 0.6 is 0 Å². The van der Waals surface area contributed by atoms with Crippen LogP contribution in [-0.4, -0.2) is 75.9 Å². The first-order valence-corrected chi connectivity index (χ1v) is 12.5. The van der Waals surface area contributed by atoms with Gasteiger partial charge in [0.1, 0.15) is 24.4 Å². The van der Waals surface area contributed by atoms with E-state index in [2.05, 4.69) is 26.4 Å². The zero-order valence-electron chi connectivity index (χ0n) is 22.3. The second kappa shape index (κ2) is 12.5. The first-order chi connectivity index (χ1) is 18.0. The van der Waals surface area contributed by atoms with E-state index >= 15 is 0 Å². The van der Waals surface area contributed by atoms with Crippen molar-refractivity contribution in [3.8, 4) is 5.75 Å². The van der Waals surface area contributed by atoms with Gasteiger partial charge in [0, 0.05) is 19.3 Å². The molecule has 0 saturated carbocycles. The minimum absolute atomic E-state index is 0.0353. The summed E-state index contributed by atoms with van der Waals surface area (Å²) in [4.78, 5) is 51.9. The predicted octanol–water partition coefficient (Wildman–Crippen LogP) is -0.353. The van der Waals surface area contributed by atoms with E-state index in [1.807, 2.05) is 20.9 Å². The molecule has 0 bridgehead atoms. The first kappa shape index (κ1) is 28.6. The van der Waals surface area contributed by atoms with Crippen molar-refractivity contribution >= 4 is 23.6 Å². The molecule has 1 aliphatic heterocycles. The standard InChI is InChI=1S/C26H36N6O6/c1-14-13-38-21-9-7-6-8-19(21)24(35)29-20(12-22(34)30-23(17(4)33)26(37)28-14)25(36)27-11-10-18-15(2)31-32(5)16(18)3/h6-9,14,17,20,23,33H,10-13H2,1-5H3,(H,27,36)(H,28,37)(H,29,35)(H,30,34)/t14-,17-,20+,23+/m1/s1. The van der Waals surface area contributed by atoms with Crippen LogP contribution in [0.2, 0.25) is 0 Å². The summed E-state index contributed by atoms with van der Waals surface area (Å²) in [6.45, 7) is 7.20. The van der Waals surface area contributed by atoms with Crippen LogP contribution in [0, 0.1) is 13.8 Å². The molecule has 206 valence electrons. The maximum absolute atomic E-state index is 13.2. The van der Waals surface area contributed by atoms with Crippen molar-refractivity contribution in [1.82, 2.24) is 31.0 Å². The van der Waals surface area contributed by atoms with Crippen molar-refractivity contribution in [2.24, 2.45) is 7.05 Å². The smallest absolute Gasteiger partial charge is 0.255 e. The molecule has 12 nitrogen and oxygen atoms in total. The number of nitrogens with zero attached hydrogens (tertiary/aromatic N) is 2. The van der Waals surface area contributed by atoms with Gasteiger partial charge in [0.15, 0.2) is 0 Å². The third kappa shape index (κ3) is 7.09. The number of aromatic nitrogens is 2. The number of aliphatic hydroxyl groups is 1. The average Bonchev–Trinajstić information content (AvgIpc) is 3.10. The van der Waals surface area contributed by atoms with Gasteiger partial charge in [0.2, 0.25) is 17.7 Å². The maximum atomic E-state index is 13.2. The number of carbonyl (C=O) groups is 4. The minimum atomic E-state index is -1.25. The number of hydrogen-bond donors (Lipinski definition) is 5. The Morgan fingerprint density at radius 2 is 1.92 bits per heavy atom. The number of carbonyl (C=O) groups excluding carboxylic acids is 4. The van der Waals surface area contributed by atoms with Crippen molar-refractivity contribution in [3.05, 3.63) is 46.8 Å². The normalized spacial score (nSPS) is 21.6. The fourth-order valence-corrected chi connectivity index (χ4v) is 4.25. The summed E-state index contributed by atoms with van der Waals surface area (Å²) in [6, 6.07) is 3.53. The highest BCUT2D eigenvalue weighted by Gasteiger charge is 2.31. The van der Waals surface area contributed by atoms with E-state index < -0.39 is 54.3 Å². The summed E-state index contributed by atoms with van der Waals surface area (Å²) in [5, 5.41) is 25.1. The molecular weight excluding hydrogens is 492 g/mol. The Hall–Kier alpha value is -3.93. The third-order valence-electron chi connectivity index (χ3n) is 6.43. The molecular formula is C26H36N6O6. The topological polar surface area (TPSA) is 164 Å². The lowest BCUT2D eigenvalue weighted by Crippen LogP contribution is -2.56. The molecule has 0 fully saturated rings. The molecule has 5 N–H and O–H groups in total. The van der Waals surface area contributed by atoms with E-state index in [1.165, 1.54) is 6.92 Å². The van der Waals surface area contributed by atoms with Gasteiger partial charge in [0.05, 0.1) is 29.8 Å². The Kier molecular flexibility index (Phi) is 9.45. The van der Waals surface area contributed by atoms with E-state index in [0.29, 0.717) is 6.42 Å². The Morgan fingerprint density at radius 3 is 2.58 bits per heavy atom. The van der Waals surface area contributed by atoms with Gasteiger partial charge in [-0.2, -0.15) is 5.10 Å². The van der Waals surface area contributed by atoms with E-state index in [-0.39, 0.29) is 24.5 Å². The molecule has 1 aliphatic rings. The van der Waals surface area contributed by atoms with E-state index in [1.54, 1.807) is 35.9 Å². The fraction of sp³-hybridized carbons (Fsp3) is 0.500. The molecule has 0 radical (unpaired) electrons. The first-order valence-electron chi connectivity index (χ1n) is 12.5. The summed E-state index contributed by atoms with van der Waals surface area (Å²) in [6.07, 6.45) is -1.13. The lowest BCUT2D eigenvalue weighted by atomic mass is 10.1. The lowest BCUT2D eigenvalue weighted by Gasteiger charge is -2.26. The van der Waals surface area contributed by atoms with Crippen LogP contribution in [0.1, 0.15) is 47.6 Å². The van der Waals surface area contributed by atoms with E-state index in [9.17, 15) is 24.3 Å². The van der Waals surface area contributed by atoms with Crippen LogP contribution in [0.15, 0.2) is 24.3 Å². The Bertz CT molecular complexity index is 1190. The zero-order valence-corrected chi connectivity index (χ0v) is 22.3. The van der Waals surface area contributed by atoms with Crippen LogP contribution < -0.4 is 26.0 Å². The number of fused-ring (bicyclic) bond motifs is 1. The Balaban J connectivity index is 1.83. The van der Waals surface area contributed by atoms with Crippen LogP contribution in [-0.2, 0) is 27.9 Å². The maximum Gasteiger partial charge on any atom is 0.255 e. The number of rotatable bonds is 5. The zero-order chi connectivity index (χ0) is 28.0. The van der Waals surface area contributed by atoms with Crippen molar-refractivity contribution in [2.75, 3.05) is 13.2 Å². The highest BCUT2D eigenvalue weighted by atomic mass is 16.5. The number of ether oxygens (including phenoxy) is 1. The van der Waals surface area contributed by atoms with Gasteiger partial charge in [-0.05, 0) is 51.8 Å². The van der Waals surface area contributed by atoms with Crippen LogP contribution in [0.4, 0.5) is 0 Å². The number of benzene rings is 1. The molecule has 0 unspecified atom stereocenters. The molecule has 2 aromatic rings. The monoisotopic (exact) mass is 528 g/mol. The molecule has 0 saturated heterocycles. The number of hydrogen-bond acceptors (Lipinski definition) is 7. The summed E-state index contributed by atoms with van der Waals surface area (Å²) in [5.41, 5.74) is 3.03. The SMILES string of the molecule is Cc1nn(C)c(C)c1CCNC(=O)[C@@H]1CC(=O)N[C@@H]([C@@H](C)O)C(=O)N[C@H](C)COc2ccccc2C(=O)N1. The summed E-state index contributed by atoms with van der Waals surface area (Å²) in [5.74, 6) is -2.17. The molecule has 38 heavy (non-hydrogen) atoms. The van der Waals surface area contributed by atoms with Crippen molar-refractivity contribution in [1.29, 1.82) is 0 Å². The number of amides is 4. The van der Waals surface area contributed by atoms with Gasteiger partial charge >= 0.3 is 0 Å². The summed E-state index contributed by atoms with van der Waals surface area (Å²) >= 11 is 0. The molecule has 0 aliphatic carbocycles. The number of para-hydroxylation sites is 1. The quantitative estimate of drug-likeness (QED) is 0.354. The third-order valence-corrected chi connectivity index (χ3v) is 6.43. The number of nitrogens with one attached hydrogen (secondary N) is 4. The van der Waals surface area contributed by atoms with Gasteiger partial charge in [-0.3, -0.25) is 23.9 Å². The van der Waals surface area contributed by atoms with Crippen molar-refractivity contribution in [2.45, 2.75) is 64.8 Å².